The molecule has 0 saturated carbocycles. The van der Waals surface area contributed by atoms with E-state index >= 15 is 0 Å². The molecule has 12 heteroatoms. The summed E-state index contributed by atoms with van der Waals surface area (Å²) in [5.74, 6) is 0. The van der Waals surface area contributed by atoms with Gasteiger partial charge in [-0.25, -0.2) is 0 Å². The molecule has 2 N–H and O–H groups in total. The van der Waals surface area contributed by atoms with Crippen molar-refractivity contribution in [3.8, 4) is 0 Å². The number of hydrogen-bond acceptors (Lipinski definition) is 12. The van der Waals surface area contributed by atoms with E-state index in [1.165, 1.54) is 12.8 Å². The van der Waals surface area contributed by atoms with Crippen molar-refractivity contribution in [3.05, 3.63) is 0 Å². The van der Waals surface area contributed by atoms with Gasteiger partial charge in [-0.2, -0.15) is 0 Å². The van der Waals surface area contributed by atoms with Crippen molar-refractivity contribution in [2.24, 2.45) is 0 Å². The Labute approximate surface area is 218 Å². The lowest BCUT2D eigenvalue weighted by Crippen LogP contribution is -2.12. The number of ether oxygens (including phenoxy) is 10. The summed E-state index contributed by atoms with van der Waals surface area (Å²) in [6, 6.07) is 0. The molecule has 1 aliphatic rings. The van der Waals surface area contributed by atoms with E-state index in [2.05, 4.69) is 4.74 Å². The number of rotatable bonds is 22. The number of hydrogen-bond donors (Lipinski definition) is 2. The second-order valence-corrected chi connectivity index (χ2v) is 6.83. The number of methoxy groups -OCH3 is 3. The van der Waals surface area contributed by atoms with Crippen LogP contribution in [0.2, 0.25) is 0 Å². The molecule has 0 bridgehead atoms. The third-order valence-corrected chi connectivity index (χ3v) is 3.65. The van der Waals surface area contributed by atoms with E-state index in [9.17, 15) is 0 Å². The Morgan fingerprint density at radius 2 is 0.694 bits per heavy atom. The van der Waals surface area contributed by atoms with Gasteiger partial charge in [-0.3, -0.25) is 0 Å². The first-order valence-electron chi connectivity index (χ1n) is 12.4. The Morgan fingerprint density at radius 1 is 0.444 bits per heavy atom. The molecule has 0 aromatic rings. The predicted octanol–water partition coefficient (Wildman–Crippen LogP) is 0.409. The molecule has 0 amide bonds. The minimum atomic E-state index is 0.0413. The van der Waals surface area contributed by atoms with Gasteiger partial charge in [0, 0.05) is 41.7 Å². The molecule has 0 unspecified atom stereocenters. The van der Waals surface area contributed by atoms with Crippen LogP contribution < -0.4 is 0 Å². The van der Waals surface area contributed by atoms with Gasteiger partial charge in [0.2, 0.25) is 0 Å². The summed E-state index contributed by atoms with van der Waals surface area (Å²) in [6.07, 6.45) is 2.56. The van der Waals surface area contributed by atoms with Crippen LogP contribution in [0.15, 0.2) is 0 Å². The van der Waals surface area contributed by atoms with Gasteiger partial charge in [-0.15, -0.1) is 0 Å². The van der Waals surface area contributed by atoms with Crippen LogP contribution in [0, 0.1) is 0 Å². The van der Waals surface area contributed by atoms with Gasteiger partial charge in [0.05, 0.1) is 106 Å². The van der Waals surface area contributed by atoms with Gasteiger partial charge in [0.1, 0.15) is 0 Å². The first kappa shape index (κ1) is 40.0. The molecule has 1 heterocycles. The average Bonchev–Trinajstić information content (AvgIpc) is 3.48. The summed E-state index contributed by atoms with van der Waals surface area (Å²) >= 11 is 0. The first-order valence-corrected chi connectivity index (χ1v) is 12.4. The highest BCUT2D eigenvalue weighted by Gasteiger charge is 1.95. The minimum Gasteiger partial charge on any atom is -0.394 e. The molecule has 1 aliphatic heterocycles. The normalized spacial score (nSPS) is 12.2. The summed E-state index contributed by atoms with van der Waals surface area (Å²) in [5.41, 5.74) is 0. The van der Waals surface area contributed by atoms with E-state index in [1.807, 2.05) is 0 Å². The molecule has 0 aromatic heterocycles. The van der Waals surface area contributed by atoms with E-state index in [0.717, 1.165) is 13.2 Å². The highest BCUT2D eigenvalue weighted by Crippen LogP contribution is 1.98. The van der Waals surface area contributed by atoms with Crippen LogP contribution in [0.3, 0.4) is 0 Å². The molecule has 36 heavy (non-hydrogen) atoms. The summed E-state index contributed by atoms with van der Waals surface area (Å²) in [5, 5.41) is 16.7. The van der Waals surface area contributed by atoms with Crippen LogP contribution in [0.1, 0.15) is 12.8 Å². The van der Waals surface area contributed by atoms with Gasteiger partial charge < -0.3 is 57.6 Å². The highest BCUT2D eigenvalue weighted by molar-refractivity contribution is 4.43. The van der Waals surface area contributed by atoms with E-state index in [4.69, 9.17) is 52.8 Å². The van der Waals surface area contributed by atoms with Crippen molar-refractivity contribution in [2.45, 2.75) is 12.8 Å². The molecule has 1 saturated heterocycles. The summed E-state index contributed by atoms with van der Waals surface area (Å²) in [7, 11) is 6.55. The second-order valence-electron chi connectivity index (χ2n) is 6.83. The predicted molar refractivity (Wildman–Crippen MR) is 136 cm³/mol. The van der Waals surface area contributed by atoms with E-state index in [1.54, 1.807) is 28.4 Å². The molecular weight excluding hydrogens is 480 g/mol. The maximum absolute atomic E-state index is 8.36. The molecule has 1 fully saturated rings. The van der Waals surface area contributed by atoms with Gasteiger partial charge in [0.15, 0.2) is 0 Å². The van der Waals surface area contributed by atoms with Crippen LogP contribution in [-0.4, -0.2) is 158 Å². The fourth-order valence-electron chi connectivity index (χ4n) is 2.01. The third-order valence-electron chi connectivity index (χ3n) is 3.65. The lowest BCUT2D eigenvalue weighted by Gasteiger charge is -2.06. The molecule has 1 rings (SSSR count). The van der Waals surface area contributed by atoms with Crippen molar-refractivity contribution in [2.75, 3.05) is 147 Å². The fourth-order valence-corrected chi connectivity index (χ4v) is 2.01. The van der Waals surface area contributed by atoms with Crippen molar-refractivity contribution in [1.82, 2.24) is 0 Å². The lowest BCUT2D eigenvalue weighted by atomic mass is 10.4. The smallest absolute Gasteiger partial charge is 0.0701 e. The van der Waals surface area contributed by atoms with Crippen molar-refractivity contribution in [3.63, 3.8) is 0 Å². The number of aliphatic hydroxyl groups is 2. The van der Waals surface area contributed by atoms with Crippen LogP contribution >= 0.6 is 0 Å². The van der Waals surface area contributed by atoms with Crippen molar-refractivity contribution >= 4 is 0 Å². The standard InChI is InChI=1S/C10H22O5.C8H18O5.C4H8O.C2H6O/c1-11-3-5-13-7-9-15-10-8-14-6-4-12-2;9-1-3-11-5-7-13-8-6-12-4-2-10;1-2-4-5-3-1;1-3-2/h3-10H2,1-2H3;9-10H,1-8H2;1-4H2;1-2H3. The summed E-state index contributed by atoms with van der Waals surface area (Å²) in [4.78, 5) is 0. The average molecular weight is 535 g/mol. The highest BCUT2D eigenvalue weighted by atomic mass is 16.6. The first-order chi connectivity index (χ1) is 17.7. The zero-order valence-corrected chi connectivity index (χ0v) is 23.1. The zero-order chi connectivity index (χ0) is 27.2. The lowest BCUT2D eigenvalue weighted by molar-refractivity contribution is -0.00380. The monoisotopic (exact) mass is 534 g/mol. The topological polar surface area (TPSA) is 133 Å². The van der Waals surface area contributed by atoms with Crippen LogP contribution in [0.4, 0.5) is 0 Å². The molecular formula is C24H54O12. The molecule has 0 spiro atoms. The van der Waals surface area contributed by atoms with Crippen molar-refractivity contribution < 1.29 is 57.6 Å². The quantitative estimate of drug-likeness (QED) is 0.186. The van der Waals surface area contributed by atoms with Gasteiger partial charge >= 0.3 is 0 Å². The molecule has 0 aromatic carbocycles. The van der Waals surface area contributed by atoms with E-state index in [-0.39, 0.29) is 13.2 Å². The Morgan fingerprint density at radius 3 is 0.889 bits per heavy atom. The maximum Gasteiger partial charge on any atom is 0.0701 e. The molecule has 0 radical (unpaired) electrons. The van der Waals surface area contributed by atoms with E-state index in [0.29, 0.717) is 92.5 Å². The van der Waals surface area contributed by atoms with Gasteiger partial charge in [-0.05, 0) is 12.8 Å². The Kier molecular flexibility index (Phi) is 49.5. The molecule has 0 atom stereocenters. The van der Waals surface area contributed by atoms with Crippen LogP contribution in [0.25, 0.3) is 0 Å². The second kappa shape index (κ2) is 44.5. The fraction of sp³-hybridized carbons (Fsp3) is 1.00. The number of aliphatic hydroxyl groups excluding tert-OH is 2. The molecule has 0 aliphatic carbocycles. The molecule has 12 nitrogen and oxygen atoms in total. The molecule has 222 valence electrons. The Bertz CT molecular complexity index is 294. The van der Waals surface area contributed by atoms with Crippen LogP contribution in [-0.2, 0) is 47.4 Å². The maximum atomic E-state index is 8.36. The van der Waals surface area contributed by atoms with Crippen molar-refractivity contribution in [1.29, 1.82) is 0 Å². The summed E-state index contributed by atoms with van der Waals surface area (Å²) < 4.78 is 49.6. The Hall–Kier alpha value is -0.480. The SMILES string of the molecule is C1CCOC1.COC.COCCOCCOCCOCCOC.OCCOCCOCCOCCO. The minimum absolute atomic E-state index is 0.0413. The largest absolute Gasteiger partial charge is 0.394 e. The Balaban J connectivity index is -0.000000465. The van der Waals surface area contributed by atoms with E-state index < -0.39 is 0 Å². The third kappa shape index (κ3) is 50.4. The summed E-state index contributed by atoms with van der Waals surface area (Å²) in [6.45, 7) is 9.63. The van der Waals surface area contributed by atoms with Gasteiger partial charge in [-0.1, -0.05) is 0 Å². The van der Waals surface area contributed by atoms with Gasteiger partial charge in [0.25, 0.3) is 0 Å². The zero-order valence-electron chi connectivity index (χ0n) is 23.1. The van der Waals surface area contributed by atoms with Crippen LogP contribution in [0.5, 0.6) is 0 Å².